The van der Waals surface area contributed by atoms with Crippen LogP contribution in [-0.2, 0) is 6.18 Å². The van der Waals surface area contributed by atoms with Crippen LogP contribution in [-0.4, -0.2) is 6.54 Å². The van der Waals surface area contributed by atoms with Crippen LogP contribution in [0.3, 0.4) is 0 Å². The molecule has 0 saturated heterocycles. The van der Waals surface area contributed by atoms with Crippen molar-refractivity contribution in [3.8, 4) is 0 Å². The lowest BCUT2D eigenvalue weighted by Gasteiger charge is -2.14. The lowest BCUT2D eigenvalue weighted by Crippen LogP contribution is -2.17. The van der Waals surface area contributed by atoms with Gasteiger partial charge in [0.1, 0.15) is 5.82 Å². The zero-order valence-corrected chi connectivity index (χ0v) is 8.39. The monoisotopic (exact) mass is 236 g/mol. The Morgan fingerprint density at radius 3 is 2.31 bits per heavy atom. The van der Waals surface area contributed by atoms with Gasteiger partial charge in [0.05, 0.1) is 5.56 Å². The summed E-state index contributed by atoms with van der Waals surface area (Å²) in [7, 11) is 0. The molecule has 1 aromatic rings. The van der Waals surface area contributed by atoms with E-state index >= 15 is 0 Å². The zero-order valence-electron chi connectivity index (χ0n) is 8.39. The Morgan fingerprint density at radius 1 is 1.19 bits per heavy atom. The lowest BCUT2D eigenvalue weighted by molar-refractivity contribution is -0.137. The third-order valence-corrected chi connectivity index (χ3v) is 2.15. The predicted molar refractivity (Wildman–Crippen MR) is 52.0 cm³/mol. The molecule has 0 unspecified atom stereocenters. The van der Waals surface area contributed by atoms with Crippen LogP contribution >= 0.6 is 0 Å². The van der Waals surface area contributed by atoms with Crippen molar-refractivity contribution in [3.63, 3.8) is 0 Å². The molecule has 0 fully saturated rings. The van der Waals surface area contributed by atoms with Crippen molar-refractivity contribution in [1.82, 2.24) is 0 Å². The van der Waals surface area contributed by atoms with Crippen molar-refractivity contribution < 1.29 is 17.6 Å². The highest BCUT2D eigenvalue weighted by Crippen LogP contribution is 2.31. The molecule has 0 radical (unpaired) electrons. The molecule has 0 aromatic heterocycles. The van der Waals surface area contributed by atoms with Crippen LogP contribution in [0.1, 0.15) is 23.6 Å². The van der Waals surface area contributed by atoms with Gasteiger partial charge in [-0.2, -0.15) is 13.2 Å². The first kappa shape index (κ1) is 12.9. The fourth-order valence-electron chi connectivity index (χ4n) is 1.34. The van der Waals surface area contributed by atoms with Gasteiger partial charge in [-0.3, -0.25) is 0 Å². The summed E-state index contributed by atoms with van der Waals surface area (Å²) >= 11 is 0. The molecule has 0 aliphatic heterocycles. The summed E-state index contributed by atoms with van der Waals surface area (Å²) in [6.45, 7) is 0.235. The van der Waals surface area contributed by atoms with Crippen molar-refractivity contribution in [3.05, 3.63) is 35.1 Å². The number of alkyl halides is 3. The van der Waals surface area contributed by atoms with Gasteiger partial charge in [0.15, 0.2) is 0 Å². The summed E-state index contributed by atoms with van der Waals surface area (Å²) in [6, 6.07) is 1.61. The van der Waals surface area contributed by atoms with Gasteiger partial charge < -0.3 is 11.5 Å². The maximum absolute atomic E-state index is 13.0. The SMILES string of the molecule is NCC[C@@H](N)c1cc(F)cc(C(F)(F)F)c1. The standard InChI is InChI=1S/C10H12F4N2/c11-8-4-6(9(16)1-2-15)3-7(5-8)10(12,13)14/h3-5,9H,1-2,15-16H2/t9-/m1/s1. The average Bonchev–Trinajstić information content (AvgIpc) is 2.16. The van der Waals surface area contributed by atoms with E-state index < -0.39 is 23.6 Å². The van der Waals surface area contributed by atoms with Gasteiger partial charge in [-0.1, -0.05) is 0 Å². The number of hydrogen-bond acceptors (Lipinski definition) is 2. The summed E-state index contributed by atoms with van der Waals surface area (Å²) < 4.78 is 50.1. The molecule has 2 nitrogen and oxygen atoms in total. The van der Waals surface area contributed by atoms with Crippen LogP contribution < -0.4 is 11.5 Å². The molecule has 6 heteroatoms. The van der Waals surface area contributed by atoms with Gasteiger partial charge in [0.2, 0.25) is 0 Å². The van der Waals surface area contributed by atoms with Crippen LogP contribution in [0, 0.1) is 5.82 Å². The molecule has 0 bridgehead atoms. The Bertz CT molecular complexity index is 362. The second kappa shape index (κ2) is 4.80. The Morgan fingerprint density at radius 2 is 1.81 bits per heavy atom. The van der Waals surface area contributed by atoms with Gasteiger partial charge in [-0.15, -0.1) is 0 Å². The van der Waals surface area contributed by atoms with Crippen molar-refractivity contribution in [1.29, 1.82) is 0 Å². The topological polar surface area (TPSA) is 52.0 Å². The van der Waals surface area contributed by atoms with E-state index in [0.717, 1.165) is 12.1 Å². The lowest BCUT2D eigenvalue weighted by atomic mass is 10.0. The highest BCUT2D eigenvalue weighted by molar-refractivity contribution is 5.28. The van der Waals surface area contributed by atoms with E-state index in [1.807, 2.05) is 0 Å². The van der Waals surface area contributed by atoms with Crippen molar-refractivity contribution >= 4 is 0 Å². The molecule has 0 saturated carbocycles. The molecular weight excluding hydrogens is 224 g/mol. The number of hydrogen-bond donors (Lipinski definition) is 2. The first-order valence-corrected chi connectivity index (χ1v) is 4.68. The van der Waals surface area contributed by atoms with Crippen LogP contribution in [0.15, 0.2) is 18.2 Å². The second-order valence-corrected chi connectivity index (χ2v) is 3.45. The van der Waals surface area contributed by atoms with Crippen LogP contribution in [0.4, 0.5) is 17.6 Å². The van der Waals surface area contributed by atoms with E-state index in [1.54, 1.807) is 0 Å². The Balaban J connectivity index is 3.08. The third-order valence-electron chi connectivity index (χ3n) is 2.15. The van der Waals surface area contributed by atoms with E-state index in [0.29, 0.717) is 12.5 Å². The van der Waals surface area contributed by atoms with E-state index in [-0.39, 0.29) is 12.1 Å². The summed E-state index contributed by atoms with van der Waals surface area (Å²) in [5.74, 6) is -0.947. The van der Waals surface area contributed by atoms with Gasteiger partial charge in [0, 0.05) is 6.04 Å². The molecule has 16 heavy (non-hydrogen) atoms. The van der Waals surface area contributed by atoms with E-state index in [4.69, 9.17) is 11.5 Å². The quantitative estimate of drug-likeness (QED) is 0.790. The first-order valence-electron chi connectivity index (χ1n) is 4.68. The number of halogens is 4. The zero-order chi connectivity index (χ0) is 12.3. The second-order valence-electron chi connectivity index (χ2n) is 3.45. The number of benzene rings is 1. The van der Waals surface area contributed by atoms with Gasteiger partial charge >= 0.3 is 6.18 Å². The summed E-state index contributed by atoms with van der Waals surface area (Å²) in [6.07, 6.45) is -4.26. The highest BCUT2D eigenvalue weighted by Gasteiger charge is 2.31. The molecule has 90 valence electrons. The number of rotatable bonds is 3. The van der Waals surface area contributed by atoms with Crippen LogP contribution in [0.25, 0.3) is 0 Å². The maximum Gasteiger partial charge on any atom is 0.416 e. The minimum absolute atomic E-state index is 0.109. The Labute approximate surface area is 90.2 Å². The fraction of sp³-hybridized carbons (Fsp3) is 0.400. The highest BCUT2D eigenvalue weighted by atomic mass is 19.4. The molecule has 0 spiro atoms. The summed E-state index contributed by atoms with van der Waals surface area (Å²) in [4.78, 5) is 0. The van der Waals surface area contributed by atoms with Gasteiger partial charge in [0.25, 0.3) is 0 Å². The molecule has 0 aliphatic rings. The molecule has 4 N–H and O–H groups in total. The van der Waals surface area contributed by atoms with Crippen molar-refractivity contribution in [2.75, 3.05) is 6.54 Å². The summed E-state index contributed by atoms with van der Waals surface area (Å²) in [5.41, 5.74) is 9.88. The Kier molecular flexibility index (Phi) is 3.88. The molecule has 1 aromatic carbocycles. The van der Waals surface area contributed by atoms with E-state index in [9.17, 15) is 17.6 Å². The predicted octanol–water partition coefficient (Wildman–Crippen LogP) is 2.19. The van der Waals surface area contributed by atoms with Gasteiger partial charge in [-0.25, -0.2) is 4.39 Å². The summed E-state index contributed by atoms with van der Waals surface area (Å²) in [5, 5.41) is 0. The molecular formula is C10H12F4N2. The maximum atomic E-state index is 13.0. The first-order chi connectivity index (χ1) is 7.34. The minimum atomic E-state index is -4.57. The fourth-order valence-corrected chi connectivity index (χ4v) is 1.34. The normalized spacial score (nSPS) is 13.9. The van der Waals surface area contributed by atoms with Crippen molar-refractivity contribution in [2.45, 2.75) is 18.6 Å². The van der Waals surface area contributed by atoms with Crippen LogP contribution in [0.2, 0.25) is 0 Å². The molecule has 0 aliphatic carbocycles. The van der Waals surface area contributed by atoms with E-state index in [1.165, 1.54) is 0 Å². The molecule has 0 amide bonds. The average molecular weight is 236 g/mol. The van der Waals surface area contributed by atoms with Gasteiger partial charge in [-0.05, 0) is 36.7 Å². The molecule has 0 heterocycles. The Hall–Kier alpha value is -1.14. The third kappa shape index (κ3) is 3.18. The van der Waals surface area contributed by atoms with Crippen molar-refractivity contribution in [2.24, 2.45) is 11.5 Å². The molecule has 1 atom stereocenters. The minimum Gasteiger partial charge on any atom is -0.330 e. The largest absolute Gasteiger partial charge is 0.416 e. The van der Waals surface area contributed by atoms with Crippen LogP contribution in [0.5, 0.6) is 0 Å². The molecule has 1 rings (SSSR count). The smallest absolute Gasteiger partial charge is 0.330 e. The van der Waals surface area contributed by atoms with E-state index in [2.05, 4.69) is 0 Å². The number of nitrogens with two attached hydrogens (primary N) is 2.